The van der Waals surface area contributed by atoms with Crippen molar-refractivity contribution in [1.29, 1.82) is 0 Å². The number of nitrogens with one attached hydrogen (secondary N) is 2. The quantitative estimate of drug-likeness (QED) is 0.818. The summed E-state index contributed by atoms with van der Waals surface area (Å²) in [5.41, 5.74) is 0.538. The number of rotatable bonds is 4. The Morgan fingerprint density at radius 1 is 1.44 bits per heavy atom. The summed E-state index contributed by atoms with van der Waals surface area (Å²) in [6.07, 6.45) is 3.92. The Hall–Kier alpha value is -2.61. The Labute approximate surface area is 148 Å². The lowest BCUT2D eigenvalue weighted by atomic mass is 10.1. The average molecular weight is 364 g/mol. The second-order valence-electron chi connectivity index (χ2n) is 6.05. The van der Waals surface area contributed by atoms with Crippen LogP contribution >= 0.6 is 11.6 Å². The molecule has 1 aliphatic rings. The Bertz CT molecular complexity index is 907. The lowest BCUT2D eigenvalue weighted by molar-refractivity contribution is 0.0948. The van der Waals surface area contributed by atoms with Crippen molar-refractivity contribution >= 4 is 23.2 Å². The minimum Gasteiger partial charge on any atom is -0.370 e. The maximum atomic E-state index is 12.1. The van der Waals surface area contributed by atoms with Gasteiger partial charge in [0.25, 0.3) is 17.0 Å². The van der Waals surface area contributed by atoms with Crippen molar-refractivity contribution in [2.75, 3.05) is 24.5 Å². The normalized spacial score (nSPS) is 16.9. The van der Waals surface area contributed by atoms with E-state index in [1.54, 1.807) is 19.3 Å². The van der Waals surface area contributed by atoms with Crippen molar-refractivity contribution in [3.8, 4) is 0 Å². The maximum absolute atomic E-state index is 12.1. The van der Waals surface area contributed by atoms with Gasteiger partial charge in [0.05, 0.1) is 17.4 Å². The van der Waals surface area contributed by atoms with E-state index in [2.05, 4.69) is 20.3 Å². The molecular weight excluding hydrogens is 346 g/mol. The number of carbonyl (C=O) groups excluding carboxylic acids is 1. The topological polar surface area (TPSA) is 100 Å². The fourth-order valence-electron chi connectivity index (χ4n) is 2.79. The molecule has 0 aliphatic carbocycles. The summed E-state index contributed by atoms with van der Waals surface area (Å²) in [5.74, 6) is -0.0157. The van der Waals surface area contributed by atoms with Gasteiger partial charge in [-0.15, -0.1) is 0 Å². The molecule has 3 heterocycles. The Morgan fingerprint density at radius 3 is 2.96 bits per heavy atom. The molecule has 3 rings (SSSR count). The summed E-state index contributed by atoms with van der Waals surface area (Å²) in [6, 6.07) is 2.92. The van der Waals surface area contributed by atoms with E-state index in [0.29, 0.717) is 12.1 Å². The van der Waals surface area contributed by atoms with Crippen LogP contribution in [0.3, 0.4) is 0 Å². The molecule has 9 heteroatoms. The maximum Gasteiger partial charge on any atom is 0.268 e. The summed E-state index contributed by atoms with van der Waals surface area (Å²) in [7, 11) is 1.61. The SMILES string of the molecule is Cn1ncc(N2CCC(CNC(=O)c3c[nH]c(=O)c(Cl)c3)C2)cc1=O. The van der Waals surface area contributed by atoms with Crippen LogP contribution in [0.5, 0.6) is 0 Å². The molecule has 0 saturated carbocycles. The molecule has 132 valence electrons. The summed E-state index contributed by atoms with van der Waals surface area (Å²) in [4.78, 5) is 39.6. The molecule has 2 aromatic heterocycles. The smallest absolute Gasteiger partial charge is 0.268 e. The first-order chi connectivity index (χ1) is 11.9. The number of H-pyrrole nitrogens is 1. The van der Waals surface area contributed by atoms with Gasteiger partial charge in [-0.05, 0) is 18.4 Å². The van der Waals surface area contributed by atoms with Gasteiger partial charge in [-0.3, -0.25) is 14.4 Å². The van der Waals surface area contributed by atoms with Gasteiger partial charge in [0.2, 0.25) is 0 Å². The van der Waals surface area contributed by atoms with E-state index in [1.807, 2.05) is 0 Å². The molecular formula is C16H18ClN5O3. The van der Waals surface area contributed by atoms with Gasteiger partial charge in [0.1, 0.15) is 5.02 Å². The van der Waals surface area contributed by atoms with Crippen molar-refractivity contribution in [2.45, 2.75) is 6.42 Å². The Kier molecular flexibility index (Phi) is 4.89. The third-order valence-corrected chi connectivity index (χ3v) is 4.56. The Morgan fingerprint density at radius 2 is 2.24 bits per heavy atom. The lowest BCUT2D eigenvalue weighted by Crippen LogP contribution is -2.31. The van der Waals surface area contributed by atoms with E-state index < -0.39 is 5.56 Å². The first-order valence-corrected chi connectivity index (χ1v) is 8.26. The number of hydrogen-bond acceptors (Lipinski definition) is 5. The van der Waals surface area contributed by atoms with Gasteiger partial charge in [-0.2, -0.15) is 5.10 Å². The molecule has 0 radical (unpaired) electrons. The van der Waals surface area contributed by atoms with Crippen molar-refractivity contribution in [1.82, 2.24) is 20.1 Å². The monoisotopic (exact) mass is 363 g/mol. The van der Waals surface area contributed by atoms with Gasteiger partial charge in [-0.25, -0.2) is 4.68 Å². The zero-order valence-electron chi connectivity index (χ0n) is 13.7. The highest BCUT2D eigenvalue weighted by atomic mass is 35.5. The molecule has 1 atom stereocenters. The van der Waals surface area contributed by atoms with Gasteiger partial charge in [-0.1, -0.05) is 11.6 Å². The van der Waals surface area contributed by atoms with Crippen LogP contribution in [-0.4, -0.2) is 40.3 Å². The van der Waals surface area contributed by atoms with Gasteiger partial charge in [0.15, 0.2) is 0 Å². The molecule has 8 nitrogen and oxygen atoms in total. The average Bonchev–Trinajstić information content (AvgIpc) is 3.06. The first-order valence-electron chi connectivity index (χ1n) is 7.89. The lowest BCUT2D eigenvalue weighted by Gasteiger charge is -2.18. The molecule has 2 aromatic rings. The van der Waals surface area contributed by atoms with Crippen molar-refractivity contribution in [3.63, 3.8) is 0 Å². The second-order valence-corrected chi connectivity index (χ2v) is 6.46. The number of hydrogen-bond donors (Lipinski definition) is 2. The zero-order chi connectivity index (χ0) is 18.0. The number of carbonyl (C=O) groups is 1. The van der Waals surface area contributed by atoms with Crippen LogP contribution in [0.4, 0.5) is 5.69 Å². The minimum atomic E-state index is -0.424. The highest BCUT2D eigenvalue weighted by Crippen LogP contribution is 2.21. The van der Waals surface area contributed by atoms with Crippen molar-refractivity contribution < 1.29 is 4.79 Å². The van der Waals surface area contributed by atoms with Gasteiger partial charge in [0, 0.05) is 38.9 Å². The van der Waals surface area contributed by atoms with E-state index in [1.165, 1.54) is 16.9 Å². The number of aromatic amines is 1. The van der Waals surface area contributed by atoms with Crippen LogP contribution in [0.2, 0.25) is 5.02 Å². The van der Waals surface area contributed by atoms with E-state index >= 15 is 0 Å². The van der Waals surface area contributed by atoms with Crippen LogP contribution in [0, 0.1) is 5.92 Å². The third kappa shape index (κ3) is 3.90. The first kappa shape index (κ1) is 17.2. The molecule has 1 unspecified atom stereocenters. The molecule has 25 heavy (non-hydrogen) atoms. The summed E-state index contributed by atoms with van der Waals surface area (Å²) >= 11 is 5.73. The molecule has 1 fully saturated rings. The van der Waals surface area contributed by atoms with E-state index in [-0.39, 0.29) is 22.4 Å². The molecule has 0 bridgehead atoms. The van der Waals surface area contributed by atoms with Crippen LogP contribution in [0.1, 0.15) is 16.8 Å². The number of nitrogens with zero attached hydrogens (tertiary/aromatic N) is 3. The van der Waals surface area contributed by atoms with Crippen LogP contribution < -0.4 is 21.3 Å². The second kappa shape index (κ2) is 7.10. The predicted molar refractivity (Wildman–Crippen MR) is 94.2 cm³/mol. The summed E-state index contributed by atoms with van der Waals surface area (Å²) in [6.45, 7) is 2.05. The summed E-state index contributed by atoms with van der Waals surface area (Å²) < 4.78 is 1.28. The number of aryl methyl sites for hydroxylation is 1. The van der Waals surface area contributed by atoms with Crippen molar-refractivity contribution in [2.24, 2.45) is 13.0 Å². The van der Waals surface area contributed by atoms with E-state index in [4.69, 9.17) is 11.6 Å². The number of pyridine rings is 1. The Balaban J connectivity index is 1.57. The molecule has 1 amide bonds. The summed E-state index contributed by atoms with van der Waals surface area (Å²) in [5, 5.41) is 6.87. The van der Waals surface area contributed by atoms with Crippen LogP contribution in [-0.2, 0) is 7.05 Å². The predicted octanol–water partition coefficient (Wildman–Crippen LogP) is 0.378. The van der Waals surface area contributed by atoms with E-state index in [0.717, 1.165) is 25.2 Å². The van der Waals surface area contributed by atoms with Gasteiger partial charge < -0.3 is 15.2 Å². The molecule has 0 aromatic carbocycles. The molecule has 0 spiro atoms. The van der Waals surface area contributed by atoms with Crippen molar-refractivity contribution in [3.05, 3.63) is 55.8 Å². The standard InChI is InChI=1S/C16H18ClN5O3/c1-21-14(23)5-12(8-20-21)22-3-2-10(9-22)6-18-15(24)11-4-13(17)16(25)19-7-11/h4-5,7-8,10H,2-3,6,9H2,1H3,(H,18,24)(H,19,25). The highest BCUT2D eigenvalue weighted by molar-refractivity contribution is 6.30. The largest absolute Gasteiger partial charge is 0.370 e. The van der Waals surface area contributed by atoms with Gasteiger partial charge >= 0.3 is 0 Å². The fraction of sp³-hybridized carbons (Fsp3) is 0.375. The number of amides is 1. The molecule has 1 saturated heterocycles. The minimum absolute atomic E-state index is 0.0159. The molecule has 1 aliphatic heterocycles. The number of anilines is 1. The zero-order valence-corrected chi connectivity index (χ0v) is 14.4. The third-order valence-electron chi connectivity index (χ3n) is 4.28. The fourth-order valence-corrected chi connectivity index (χ4v) is 2.96. The number of aromatic nitrogens is 3. The number of halogens is 1. The van der Waals surface area contributed by atoms with E-state index in [9.17, 15) is 14.4 Å². The highest BCUT2D eigenvalue weighted by Gasteiger charge is 2.24. The van der Waals surface area contributed by atoms with Crippen LogP contribution in [0.25, 0.3) is 0 Å². The molecule has 2 N–H and O–H groups in total. The van der Waals surface area contributed by atoms with Crippen LogP contribution in [0.15, 0.2) is 34.1 Å².